The summed E-state index contributed by atoms with van der Waals surface area (Å²) in [6.45, 7) is 2.10. The highest BCUT2D eigenvalue weighted by molar-refractivity contribution is 7.88. The highest BCUT2D eigenvalue weighted by Crippen LogP contribution is 2.34. The average molecular weight is 353 g/mol. The molecule has 21 heavy (non-hydrogen) atoms. The molecule has 8 heteroatoms. The normalized spacial score (nSPS) is 23.8. The second kappa shape index (κ2) is 6.81. The standard InChI is InChI=1S/C13H18Cl2N2O3S/c1-21(18,19)17-9-13(4-5-16-6-7-20-13)10-2-3-11(14)12(15)8-10/h2-3,8,16-17H,4-7,9H2,1H3. The van der Waals surface area contributed by atoms with Gasteiger partial charge in [0.1, 0.15) is 5.60 Å². The van der Waals surface area contributed by atoms with Crippen LogP contribution in [0.2, 0.25) is 10.0 Å². The van der Waals surface area contributed by atoms with Gasteiger partial charge in [0, 0.05) is 13.1 Å². The van der Waals surface area contributed by atoms with Crippen LogP contribution in [-0.2, 0) is 20.4 Å². The van der Waals surface area contributed by atoms with Gasteiger partial charge in [-0.15, -0.1) is 0 Å². The molecule has 1 aliphatic heterocycles. The molecular formula is C13H18Cl2N2O3S. The summed E-state index contributed by atoms with van der Waals surface area (Å²) in [4.78, 5) is 0. The SMILES string of the molecule is CS(=O)(=O)NCC1(c2ccc(Cl)c(Cl)c2)CCNCCO1. The molecule has 1 saturated heterocycles. The Morgan fingerprint density at radius 1 is 1.33 bits per heavy atom. The summed E-state index contributed by atoms with van der Waals surface area (Å²) in [5, 5.41) is 4.12. The first-order valence-corrected chi connectivity index (χ1v) is 9.22. The van der Waals surface area contributed by atoms with Gasteiger partial charge in [0.05, 0.1) is 22.9 Å². The third-order valence-electron chi connectivity index (χ3n) is 3.43. The minimum atomic E-state index is -3.31. The van der Waals surface area contributed by atoms with Crippen molar-refractivity contribution in [2.24, 2.45) is 0 Å². The first-order chi connectivity index (χ1) is 9.82. The molecule has 1 aliphatic rings. The third-order valence-corrected chi connectivity index (χ3v) is 4.84. The van der Waals surface area contributed by atoms with Gasteiger partial charge in [-0.05, 0) is 30.7 Å². The maximum Gasteiger partial charge on any atom is 0.208 e. The lowest BCUT2D eigenvalue weighted by molar-refractivity contribution is -0.0381. The van der Waals surface area contributed by atoms with Crippen LogP contribution in [0.3, 0.4) is 0 Å². The van der Waals surface area contributed by atoms with Crippen LogP contribution in [0.1, 0.15) is 12.0 Å². The molecule has 1 atom stereocenters. The number of sulfonamides is 1. The maximum atomic E-state index is 11.4. The van der Waals surface area contributed by atoms with Crippen molar-refractivity contribution in [3.8, 4) is 0 Å². The summed E-state index contributed by atoms with van der Waals surface area (Å²) in [5.74, 6) is 0. The molecule has 0 radical (unpaired) electrons. The summed E-state index contributed by atoms with van der Waals surface area (Å²) >= 11 is 12.0. The molecule has 0 amide bonds. The molecule has 1 unspecified atom stereocenters. The van der Waals surface area contributed by atoms with E-state index in [-0.39, 0.29) is 6.54 Å². The van der Waals surface area contributed by atoms with Gasteiger partial charge in [0.2, 0.25) is 10.0 Å². The molecule has 0 spiro atoms. The fourth-order valence-corrected chi connectivity index (χ4v) is 3.10. The summed E-state index contributed by atoms with van der Waals surface area (Å²) in [6, 6.07) is 5.26. The summed E-state index contributed by atoms with van der Waals surface area (Å²) < 4.78 is 31.4. The number of halogens is 2. The first kappa shape index (κ1) is 17.0. The van der Waals surface area contributed by atoms with Crippen LogP contribution >= 0.6 is 23.2 Å². The van der Waals surface area contributed by atoms with Crippen LogP contribution < -0.4 is 10.0 Å². The van der Waals surface area contributed by atoms with E-state index in [2.05, 4.69) is 10.0 Å². The molecule has 0 saturated carbocycles. The van der Waals surface area contributed by atoms with Crippen LogP contribution in [0.15, 0.2) is 18.2 Å². The van der Waals surface area contributed by atoms with Crippen LogP contribution in [-0.4, -0.2) is 40.9 Å². The van der Waals surface area contributed by atoms with Crippen LogP contribution in [0.25, 0.3) is 0 Å². The minimum Gasteiger partial charge on any atom is -0.368 e. The van der Waals surface area contributed by atoms with Crippen molar-refractivity contribution in [1.29, 1.82) is 0 Å². The molecule has 1 heterocycles. The number of benzene rings is 1. The van der Waals surface area contributed by atoms with Crippen molar-refractivity contribution in [1.82, 2.24) is 10.0 Å². The monoisotopic (exact) mass is 352 g/mol. The van der Waals surface area contributed by atoms with Crippen molar-refractivity contribution >= 4 is 33.2 Å². The van der Waals surface area contributed by atoms with E-state index >= 15 is 0 Å². The van der Waals surface area contributed by atoms with E-state index in [1.807, 2.05) is 6.07 Å². The second-order valence-corrected chi connectivity index (χ2v) is 7.71. The lowest BCUT2D eigenvalue weighted by atomic mass is 9.90. The molecule has 2 rings (SSSR count). The second-order valence-electron chi connectivity index (χ2n) is 5.06. The smallest absolute Gasteiger partial charge is 0.208 e. The van der Waals surface area contributed by atoms with Crippen molar-refractivity contribution in [3.05, 3.63) is 33.8 Å². The molecule has 1 aromatic carbocycles. The molecule has 0 aromatic heterocycles. The Labute approximate surface area is 135 Å². The molecule has 0 aliphatic carbocycles. The Morgan fingerprint density at radius 2 is 2.10 bits per heavy atom. The van der Waals surface area contributed by atoms with Gasteiger partial charge in [-0.2, -0.15) is 0 Å². The Kier molecular flexibility index (Phi) is 5.51. The van der Waals surface area contributed by atoms with Gasteiger partial charge in [0.15, 0.2) is 0 Å². The fraction of sp³-hybridized carbons (Fsp3) is 0.538. The van der Waals surface area contributed by atoms with Gasteiger partial charge < -0.3 is 10.1 Å². The zero-order valence-electron chi connectivity index (χ0n) is 11.7. The van der Waals surface area contributed by atoms with E-state index in [4.69, 9.17) is 27.9 Å². The van der Waals surface area contributed by atoms with E-state index in [1.54, 1.807) is 12.1 Å². The minimum absolute atomic E-state index is 0.158. The van der Waals surface area contributed by atoms with Gasteiger partial charge in [-0.25, -0.2) is 13.1 Å². The predicted octanol–water partition coefficient (Wildman–Crippen LogP) is 1.75. The first-order valence-electron chi connectivity index (χ1n) is 6.57. The topological polar surface area (TPSA) is 67.4 Å². The number of rotatable bonds is 4. The number of ether oxygens (including phenoxy) is 1. The fourth-order valence-electron chi connectivity index (χ4n) is 2.30. The van der Waals surface area contributed by atoms with Gasteiger partial charge in [-0.1, -0.05) is 29.3 Å². The van der Waals surface area contributed by atoms with E-state index < -0.39 is 15.6 Å². The van der Waals surface area contributed by atoms with Crippen molar-refractivity contribution in [2.45, 2.75) is 12.0 Å². The molecule has 5 nitrogen and oxygen atoms in total. The third kappa shape index (κ3) is 4.55. The Bertz CT molecular complexity index is 599. The van der Waals surface area contributed by atoms with Gasteiger partial charge in [-0.3, -0.25) is 0 Å². The Balaban J connectivity index is 2.35. The predicted molar refractivity (Wildman–Crippen MR) is 84.4 cm³/mol. The lowest BCUT2D eigenvalue weighted by Crippen LogP contribution is -2.43. The van der Waals surface area contributed by atoms with Gasteiger partial charge >= 0.3 is 0 Å². The molecule has 0 bridgehead atoms. The summed E-state index contributed by atoms with van der Waals surface area (Å²) in [7, 11) is -3.31. The van der Waals surface area contributed by atoms with E-state index in [0.717, 1.165) is 24.9 Å². The summed E-state index contributed by atoms with van der Waals surface area (Å²) in [5.41, 5.74) is 0.0672. The van der Waals surface area contributed by atoms with E-state index in [1.165, 1.54) is 0 Å². The molecule has 1 fully saturated rings. The largest absolute Gasteiger partial charge is 0.368 e. The average Bonchev–Trinajstić information content (AvgIpc) is 2.65. The number of hydrogen-bond acceptors (Lipinski definition) is 4. The number of hydrogen-bond donors (Lipinski definition) is 2. The maximum absolute atomic E-state index is 11.4. The summed E-state index contributed by atoms with van der Waals surface area (Å²) in [6.07, 6.45) is 1.76. The number of nitrogens with one attached hydrogen (secondary N) is 2. The van der Waals surface area contributed by atoms with Crippen molar-refractivity contribution < 1.29 is 13.2 Å². The molecule has 1 aromatic rings. The van der Waals surface area contributed by atoms with Crippen molar-refractivity contribution in [2.75, 3.05) is 32.5 Å². The van der Waals surface area contributed by atoms with Crippen LogP contribution in [0.4, 0.5) is 0 Å². The highest BCUT2D eigenvalue weighted by atomic mass is 35.5. The molecule has 118 valence electrons. The van der Waals surface area contributed by atoms with Crippen LogP contribution in [0, 0.1) is 0 Å². The van der Waals surface area contributed by atoms with E-state index in [9.17, 15) is 8.42 Å². The van der Waals surface area contributed by atoms with Gasteiger partial charge in [0.25, 0.3) is 0 Å². The Morgan fingerprint density at radius 3 is 2.76 bits per heavy atom. The van der Waals surface area contributed by atoms with Crippen LogP contribution in [0.5, 0.6) is 0 Å². The quantitative estimate of drug-likeness (QED) is 0.866. The molecule has 2 N–H and O–H groups in total. The lowest BCUT2D eigenvalue weighted by Gasteiger charge is -2.33. The zero-order valence-corrected chi connectivity index (χ0v) is 14.0. The molecular weight excluding hydrogens is 335 g/mol. The Hall–Kier alpha value is -0.370. The highest BCUT2D eigenvalue weighted by Gasteiger charge is 2.35. The zero-order chi connectivity index (χ0) is 15.5. The van der Waals surface area contributed by atoms with Crippen molar-refractivity contribution in [3.63, 3.8) is 0 Å². The van der Waals surface area contributed by atoms with E-state index in [0.29, 0.717) is 23.1 Å².